The molecule has 28 heavy (non-hydrogen) atoms. The highest BCUT2D eigenvalue weighted by Crippen LogP contribution is 2.30. The van der Waals surface area contributed by atoms with Crippen LogP contribution in [0.1, 0.15) is 18.1 Å². The number of aryl methyl sites for hydroxylation is 1. The number of nitrogens with zero attached hydrogens (tertiary/aromatic N) is 1. The number of carboxylic acid groups (broad SMARTS) is 1. The SMILES string of the molecule is Cc1cc(Br)ccc1N=C1NC(=O)/C(=C/c2ccc(O[C@H](C)C(=O)O)cc2)S1. The molecule has 0 unspecified atom stereocenters. The van der Waals surface area contributed by atoms with Gasteiger partial charge in [0.2, 0.25) is 0 Å². The molecular weight excluding hydrogens is 444 g/mol. The minimum absolute atomic E-state index is 0.210. The van der Waals surface area contributed by atoms with Crippen molar-refractivity contribution in [1.29, 1.82) is 0 Å². The van der Waals surface area contributed by atoms with E-state index in [1.54, 1.807) is 30.3 Å². The maximum absolute atomic E-state index is 12.2. The number of amidine groups is 1. The van der Waals surface area contributed by atoms with E-state index in [4.69, 9.17) is 9.84 Å². The van der Waals surface area contributed by atoms with Crippen molar-refractivity contribution in [1.82, 2.24) is 5.32 Å². The molecule has 144 valence electrons. The van der Waals surface area contributed by atoms with Crippen molar-refractivity contribution in [3.63, 3.8) is 0 Å². The van der Waals surface area contributed by atoms with Crippen LogP contribution in [-0.4, -0.2) is 28.3 Å². The number of nitrogens with one attached hydrogen (secondary N) is 1. The normalized spacial score (nSPS) is 17.6. The van der Waals surface area contributed by atoms with Crippen molar-refractivity contribution in [2.45, 2.75) is 20.0 Å². The number of benzene rings is 2. The minimum Gasteiger partial charge on any atom is -0.479 e. The van der Waals surface area contributed by atoms with E-state index in [1.807, 2.05) is 25.1 Å². The lowest BCUT2D eigenvalue weighted by molar-refractivity contribution is -0.144. The first kappa shape index (κ1) is 20.2. The number of carboxylic acids is 1. The average molecular weight is 461 g/mol. The number of carbonyl (C=O) groups is 2. The molecule has 1 fully saturated rings. The highest BCUT2D eigenvalue weighted by Gasteiger charge is 2.24. The van der Waals surface area contributed by atoms with E-state index in [2.05, 4.69) is 26.2 Å². The predicted molar refractivity (Wildman–Crippen MR) is 114 cm³/mol. The molecule has 0 aromatic heterocycles. The van der Waals surface area contributed by atoms with Gasteiger partial charge in [0, 0.05) is 4.47 Å². The summed E-state index contributed by atoms with van der Waals surface area (Å²) in [5.41, 5.74) is 2.59. The van der Waals surface area contributed by atoms with Crippen molar-refractivity contribution in [3.8, 4) is 5.75 Å². The molecule has 3 rings (SSSR count). The van der Waals surface area contributed by atoms with E-state index >= 15 is 0 Å². The Bertz CT molecular complexity index is 986. The Labute approximate surface area is 174 Å². The number of hydrogen-bond acceptors (Lipinski definition) is 5. The molecular formula is C20H17BrN2O4S. The number of halogens is 1. The zero-order valence-corrected chi connectivity index (χ0v) is 17.5. The monoisotopic (exact) mass is 460 g/mol. The van der Waals surface area contributed by atoms with E-state index in [-0.39, 0.29) is 5.91 Å². The van der Waals surface area contributed by atoms with Crippen LogP contribution in [0.2, 0.25) is 0 Å². The summed E-state index contributed by atoms with van der Waals surface area (Å²) in [5.74, 6) is -0.787. The summed E-state index contributed by atoms with van der Waals surface area (Å²) < 4.78 is 6.27. The largest absolute Gasteiger partial charge is 0.479 e. The van der Waals surface area contributed by atoms with Gasteiger partial charge in [0.05, 0.1) is 10.6 Å². The van der Waals surface area contributed by atoms with Gasteiger partial charge in [-0.05, 0) is 73.1 Å². The summed E-state index contributed by atoms with van der Waals surface area (Å²) in [6.45, 7) is 3.42. The van der Waals surface area contributed by atoms with Gasteiger partial charge in [-0.15, -0.1) is 0 Å². The summed E-state index contributed by atoms with van der Waals surface area (Å²) in [7, 11) is 0. The Kier molecular flexibility index (Phi) is 6.21. The first-order valence-corrected chi connectivity index (χ1v) is 9.98. The Morgan fingerprint density at radius 1 is 1.29 bits per heavy atom. The van der Waals surface area contributed by atoms with Gasteiger partial charge in [-0.25, -0.2) is 9.79 Å². The van der Waals surface area contributed by atoms with Crippen LogP contribution in [0.25, 0.3) is 6.08 Å². The van der Waals surface area contributed by atoms with Gasteiger partial charge in [-0.2, -0.15) is 0 Å². The minimum atomic E-state index is -1.03. The van der Waals surface area contributed by atoms with Crippen molar-refractivity contribution in [2.75, 3.05) is 0 Å². The second-order valence-corrected chi connectivity index (χ2v) is 8.03. The molecule has 0 saturated carbocycles. The lowest BCUT2D eigenvalue weighted by Crippen LogP contribution is -2.22. The van der Waals surface area contributed by atoms with E-state index in [1.165, 1.54) is 18.7 Å². The van der Waals surface area contributed by atoms with Gasteiger partial charge in [0.15, 0.2) is 11.3 Å². The Morgan fingerprint density at radius 2 is 2.00 bits per heavy atom. The third kappa shape index (κ3) is 5.02. The highest BCUT2D eigenvalue weighted by atomic mass is 79.9. The Morgan fingerprint density at radius 3 is 2.64 bits per heavy atom. The van der Waals surface area contributed by atoms with Crippen LogP contribution in [0, 0.1) is 6.92 Å². The standard InChI is InChI=1S/C20H17BrN2O4S/c1-11-9-14(21)5-8-16(11)22-20-23-18(24)17(28-20)10-13-3-6-15(7-4-13)27-12(2)19(25)26/h3-10,12H,1-2H3,(H,25,26)(H,22,23,24)/b17-10-/t12-/m1/s1. The fraction of sp³-hybridized carbons (Fsp3) is 0.150. The number of rotatable bonds is 5. The fourth-order valence-corrected chi connectivity index (χ4v) is 3.69. The topological polar surface area (TPSA) is 88.0 Å². The van der Waals surface area contributed by atoms with Crippen LogP contribution in [0.4, 0.5) is 5.69 Å². The second-order valence-electron chi connectivity index (χ2n) is 6.08. The summed E-state index contributed by atoms with van der Waals surface area (Å²) in [6, 6.07) is 12.6. The van der Waals surface area contributed by atoms with Gasteiger partial charge in [-0.3, -0.25) is 4.79 Å². The summed E-state index contributed by atoms with van der Waals surface area (Å²) in [4.78, 5) is 28.1. The number of carbonyl (C=O) groups excluding carboxylic acids is 1. The molecule has 1 saturated heterocycles. The van der Waals surface area contributed by atoms with Gasteiger partial charge < -0.3 is 15.2 Å². The van der Waals surface area contributed by atoms with Crippen molar-refractivity contribution in [3.05, 3.63) is 63.0 Å². The van der Waals surface area contributed by atoms with Gasteiger partial charge in [0.1, 0.15) is 5.75 Å². The zero-order chi connectivity index (χ0) is 20.3. The maximum Gasteiger partial charge on any atom is 0.344 e. The van der Waals surface area contributed by atoms with Crippen LogP contribution >= 0.6 is 27.7 Å². The van der Waals surface area contributed by atoms with Crippen LogP contribution in [0.3, 0.4) is 0 Å². The van der Waals surface area contributed by atoms with E-state index < -0.39 is 12.1 Å². The molecule has 0 aliphatic carbocycles. The molecule has 8 heteroatoms. The first-order valence-electron chi connectivity index (χ1n) is 8.37. The molecule has 0 spiro atoms. The quantitative estimate of drug-likeness (QED) is 0.641. The van der Waals surface area contributed by atoms with Gasteiger partial charge in [-0.1, -0.05) is 28.1 Å². The number of aliphatic imine (C=N–C) groups is 1. The fourth-order valence-electron chi connectivity index (χ4n) is 2.38. The molecule has 0 bridgehead atoms. The van der Waals surface area contributed by atoms with Gasteiger partial charge in [0.25, 0.3) is 5.91 Å². The Balaban J connectivity index is 1.73. The van der Waals surface area contributed by atoms with E-state index in [0.29, 0.717) is 15.8 Å². The molecule has 1 aliphatic rings. The molecule has 1 amide bonds. The van der Waals surface area contributed by atoms with Crippen LogP contribution in [0.5, 0.6) is 5.75 Å². The van der Waals surface area contributed by atoms with Crippen LogP contribution in [-0.2, 0) is 9.59 Å². The summed E-state index contributed by atoms with van der Waals surface area (Å²) in [6.07, 6.45) is 0.822. The summed E-state index contributed by atoms with van der Waals surface area (Å²) in [5, 5.41) is 12.2. The van der Waals surface area contributed by atoms with E-state index in [0.717, 1.165) is 21.3 Å². The van der Waals surface area contributed by atoms with Crippen molar-refractivity contribution < 1.29 is 19.4 Å². The number of amides is 1. The number of ether oxygens (including phenoxy) is 1. The smallest absolute Gasteiger partial charge is 0.344 e. The van der Waals surface area contributed by atoms with Crippen LogP contribution < -0.4 is 10.1 Å². The number of hydrogen-bond donors (Lipinski definition) is 2. The maximum atomic E-state index is 12.2. The molecule has 1 aliphatic heterocycles. The van der Waals surface area contributed by atoms with Crippen LogP contribution in [0.15, 0.2) is 56.8 Å². The molecule has 2 aromatic carbocycles. The molecule has 2 aromatic rings. The average Bonchev–Trinajstić information content (AvgIpc) is 2.98. The highest BCUT2D eigenvalue weighted by molar-refractivity contribution is 9.10. The number of thioether (sulfide) groups is 1. The van der Waals surface area contributed by atoms with Crippen molar-refractivity contribution in [2.24, 2.45) is 4.99 Å². The predicted octanol–water partition coefficient (Wildman–Crippen LogP) is 4.50. The van der Waals surface area contributed by atoms with E-state index in [9.17, 15) is 9.59 Å². The zero-order valence-electron chi connectivity index (χ0n) is 15.1. The van der Waals surface area contributed by atoms with Crippen molar-refractivity contribution >= 4 is 56.5 Å². The summed E-state index contributed by atoms with van der Waals surface area (Å²) >= 11 is 4.69. The molecule has 1 atom stereocenters. The molecule has 0 radical (unpaired) electrons. The molecule has 1 heterocycles. The number of aliphatic carboxylic acids is 1. The molecule has 6 nitrogen and oxygen atoms in total. The first-order chi connectivity index (χ1) is 13.3. The third-order valence-corrected chi connectivity index (χ3v) is 5.27. The lowest BCUT2D eigenvalue weighted by Gasteiger charge is -2.10. The third-order valence-electron chi connectivity index (χ3n) is 3.87. The Hall–Kier alpha value is -2.58. The lowest BCUT2D eigenvalue weighted by atomic mass is 10.2. The van der Waals surface area contributed by atoms with Gasteiger partial charge >= 0.3 is 5.97 Å². The molecule has 2 N–H and O–H groups in total. The second kappa shape index (κ2) is 8.62.